The van der Waals surface area contributed by atoms with Crippen LogP contribution in [0.25, 0.3) is 0 Å². The molecule has 10 heteroatoms. The Balaban J connectivity index is 1.46. The summed E-state index contributed by atoms with van der Waals surface area (Å²) in [6.07, 6.45) is 3.29. The van der Waals surface area contributed by atoms with Gasteiger partial charge >= 0.3 is 6.03 Å². The standard InChI is InChI=1S/C25H27N5O4S/c1-25(2,3)20-14-19(23(32)30-13-12-27-21(31)15-30)22(35-20)29-24(33)28-16-4-6-17(7-5-16)34-18-8-10-26-11-9-18/h4-11,14H,12-13,15H2,1-3H3,(H,27,31)(H2,28,29,33). The number of pyridine rings is 1. The van der Waals surface area contributed by atoms with Gasteiger partial charge in [0.05, 0.1) is 12.1 Å². The second-order valence-corrected chi connectivity index (χ2v) is 10.1. The average Bonchev–Trinajstić information content (AvgIpc) is 3.25. The zero-order chi connectivity index (χ0) is 25.0. The van der Waals surface area contributed by atoms with Crippen molar-refractivity contribution in [3.63, 3.8) is 0 Å². The molecule has 1 saturated heterocycles. The molecule has 0 saturated carbocycles. The molecule has 9 nitrogen and oxygen atoms in total. The molecule has 182 valence electrons. The van der Waals surface area contributed by atoms with Gasteiger partial charge in [-0.2, -0.15) is 0 Å². The maximum Gasteiger partial charge on any atom is 0.324 e. The van der Waals surface area contributed by atoms with Gasteiger partial charge in [0.25, 0.3) is 5.91 Å². The molecule has 2 aromatic heterocycles. The molecule has 3 N–H and O–H groups in total. The highest BCUT2D eigenvalue weighted by atomic mass is 32.1. The topological polar surface area (TPSA) is 113 Å². The maximum atomic E-state index is 13.2. The predicted octanol–water partition coefficient (Wildman–Crippen LogP) is 4.45. The Hall–Kier alpha value is -3.92. The Morgan fingerprint density at radius 3 is 2.40 bits per heavy atom. The third-order valence-electron chi connectivity index (χ3n) is 5.25. The highest BCUT2D eigenvalue weighted by Gasteiger charge is 2.29. The fourth-order valence-corrected chi connectivity index (χ4v) is 4.51. The van der Waals surface area contributed by atoms with Crippen LogP contribution in [-0.2, 0) is 10.2 Å². The first-order valence-electron chi connectivity index (χ1n) is 11.2. The minimum absolute atomic E-state index is 0.000912. The maximum absolute atomic E-state index is 13.2. The largest absolute Gasteiger partial charge is 0.457 e. The van der Waals surface area contributed by atoms with Crippen LogP contribution in [0.1, 0.15) is 36.0 Å². The number of urea groups is 1. The van der Waals surface area contributed by atoms with Gasteiger partial charge < -0.3 is 20.3 Å². The minimum atomic E-state index is -0.472. The van der Waals surface area contributed by atoms with E-state index in [0.29, 0.717) is 40.8 Å². The number of benzene rings is 1. The Bertz CT molecular complexity index is 1220. The first-order valence-corrected chi connectivity index (χ1v) is 12.0. The number of ether oxygens (including phenoxy) is 1. The molecular formula is C25H27N5O4S. The third-order valence-corrected chi connectivity index (χ3v) is 6.73. The van der Waals surface area contributed by atoms with Gasteiger partial charge in [-0.1, -0.05) is 20.8 Å². The molecule has 35 heavy (non-hydrogen) atoms. The van der Waals surface area contributed by atoms with Gasteiger partial charge in [0.2, 0.25) is 5.91 Å². The number of hydrogen-bond donors (Lipinski definition) is 3. The van der Waals surface area contributed by atoms with Crippen LogP contribution in [0.2, 0.25) is 0 Å². The Morgan fingerprint density at radius 1 is 1.06 bits per heavy atom. The Kier molecular flexibility index (Phi) is 7.02. The van der Waals surface area contributed by atoms with Gasteiger partial charge in [-0.25, -0.2) is 4.79 Å². The van der Waals surface area contributed by atoms with Gasteiger partial charge in [0, 0.05) is 36.0 Å². The van der Waals surface area contributed by atoms with E-state index >= 15 is 0 Å². The molecule has 0 atom stereocenters. The lowest BCUT2D eigenvalue weighted by atomic mass is 9.94. The number of carbonyl (C=O) groups excluding carboxylic acids is 3. The molecule has 1 aliphatic heterocycles. The molecule has 0 radical (unpaired) electrons. The average molecular weight is 494 g/mol. The molecule has 1 aromatic carbocycles. The van der Waals surface area contributed by atoms with Crippen LogP contribution in [0.4, 0.5) is 15.5 Å². The molecule has 0 unspecified atom stereocenters. The minimum Gasteiger partial charge on any atom is -0.457 e. The SMILES string of the molecule is CC(C)(C)c1cc(C(=O)N2CCNC(=O)C2)c(NC(=O)Nc2ccc(Oc3ccncc3)cc2)s1. The van der Waals surface area contributed by atoms with E-state index in [4.69, 9.17) is 4.74 Å². The fraction of sp³-hybridized carbons (Fsp3) is 0.280. The lowest BCUT2D eigenvalue weighted by Gasteiger charge is -2.26. The summed E-state index contributed by atoms with van der Waals surface area (Å²) in [5.41, 5.74) is 0.739. The number of aromatic nitrogens is 1. The van der Waals surface area contributed by atoms with Crippen LogP contribution in [0.5, 0.6) is 11.5 Å². The van der Waals surface area contributed by atoms with Gasteiger partial charge in [0.15, 0.2) is 0 Å². The summed E-state index contributed by atoms with van der Waals surface area (Å²) in [6.45, 7) is 6.96. The van der Waals surface area contributed by atoms with Gasteiger partial charge in [-0.3, -0.25) is 19.9 Å². The molecule has 0 aliphatic carbocycles. The van der Waals surface area contributed by atoms with Crippen molar-refractivity contribution in [1.29, 1.82) is 0 Å². The molecule has 0 spiro atoms. The summed E-state index contributed by atoms with van der Waals surface area (Å²) in [4.78, 5) is 44.2. The van der Waals surface area contributed by atoms with E-state index in [1.54, 1.807) is 54.9 Å². The van der Waals surface area contributed by atoms with Crippen molar-refractivity contribution in [1.82, 2.24) is 15.2 Å². The first kappa shape index (κ1) is 24.2. The number of nitrogens with zero attached hydrogens (tertiary/aromatic N) is 2. The monoisotopic (exact) mass is 493 g/mol. The van der Waals surface area contributed by atoms with Crippen LogP contribution in [0.15, 0.2) is 54.9 Å². The normalized spacial score (nSPS) is 13.7. The zero-order valence-electron chi connectivity index (χ0n) is 19.8. The summed E-state index contributed by atoms with van der Waals surface area (Å²) < 4.78 is 5.74. The number of hydrogen-bond acceptors (Lipinski definition) is 6. The number of piperazine rings is 1. The van der Waals surface area contributed by atoms with E-state index in [0.717, 1.165) is 4.88 Å². The molecule has 3 aromatic rings. The smallest absolute Gasteiger partial charge is 0.324 e. The summed E-state index contributed by atoms with van der Waals surface area (Å²) in [6, 6.07) is 11.8. The van der Waals surface area contributed by atoms with Crippen molar-refractivity contribution < 1.29 is 19.1 Å². The fourth-order valence-electron chi connectivity index (χ4n) is 3.41. The van der Waals surface area contributed by atoms with E-state index in [-0.39, 0.29) is 23.8 Å². The highest BCUT2D eigenvalue weighted by molar-refractivity contribution is 7.16. The number of thiophene rings is 1. The molecule has 4 amide bonds. The van der Waals surface area contributed by atoms with Crippen molar-refractivity contribution in [2.45, 2.75) is 26.2 Å². The van der Waals surface area contributed by atoms with E-state index in [2.05, 4.69) is 20.9 Å². The number of anilines is 2. The molecule has 3 heterocycles. The highest BCUT2D eigenvalue weighted by Crippen LogP contribution is 2.37. The summed E-state index contributed by atoms with van der Waals surface area (Å²) in [5, 5.41) is 8.77. The number of nitrogens with one attached hydrogen (secondary N) is 3. The summed E-state index contributed by atoms with van der Waals surface area (Å²) >= 11 is 1.36. The van der Waals surface area contributed by atoms with Crippen LogP contribution in [0.3, 0.4) is 0 Å². The van der Waals surface area contributed by atoms with Crippen LogP contribution < -0.4 is 20.7 Å². The van der Waals surface area contributed by atoms with Crippen molar-refractivity contribution in [3.8, 4) is 11.5 Å². The Labute approximate surface area is 207 Å². The van der Waals surface area contributed by atoms with Crippen molar-refractivity contribution >= 4 is 39.9 Å². The molecule has 1 fully saturated rings. The number of rotatable bonds is 5. The third kappa shape index (κ3) is 6.15. The van der Waals surface area contributed by atoms with Crippen molar-refractivity contribution in [3.05, 3.63) is 65.3 Å². The lowest BCUT2D eigenvalue weighted by molar-refractivity contribution is -0.123. The van der Waals surface area contributed by atoms with Gasteiger partial charge in [-0.15, -0.1) is 11.3 Å². The molecule has 0 bridgehead atoms. The summed E-state index contributed by atoms with van der Waals surface area (Å²) in [5.74, 6) is 0.807. The zero-order valence-corrected chi connectivity index (χ0v) is 20.6. The summed E-state index contributed by atoms with van der Waals surface area (Å²) in [7, 11) is 0. The van der Waals surface area contributed by atoms with E-state index in [1.807, 2.05) is 20.8 Å². The van der Waals surface area contributed by atoms with Gasteiger partial charge in [0.1, 0.15) is 16.5 Å². The molecule has 1 aliphatic rings. The molecule has 4 rings (SSSR count). The first-order chi connectivity index (χ1) is 16.7. The van der Waals surface area contributed by atoms with E-state index in [1.165, 1.54) is 16.2 Å². The van der Waals surface area contributed by atoms with E-state index in [9.17, 15) is 14.4 Å². The van der Waals surface area contributed by atoms with E-state index < -0.39 is 6.03 Å². The Morgan fingerprint density at radius 2 is 1.74 bits per heavy atom. The lowest BCUT2D eigenvalue weighted by Crippen LogP contribution is -2.50. The quantitative estimate of drug-likeness (QED) is 0.486. The number of carbonyl (C=O) groups is 3. The van der Waals surface area contributed by atoms with Gasteiger partial charge in [-0.05, 0) is 47.9 Å². The van der Waals surface area contributed by atoms with Crippen molar-refractivity contribution in [2.24, 2.45) is 0 Å². The number of amides is 4. The second kappa shape index (κ2) is 10.1. The predicted molar refractivity (Wildman–Crippen MR) is 135 cm³/mol. The molecular weight excluding hydrogens is 466 g/mol. The van der Waals surface area contributed by atoms with Crippen LogP contribution in [-0.4, -0.2) is 47.4 Å². The van der Waals surface area contributed by atoms with Crippen molar-refractivity contribution in [2.75, 3.05) is 30.3 Å². The second-order valence-electron chi connectivity index (χ2n) is 9.07. The van der Waals surface area contributed by atoms with Crippen LogP contribution in [0, 0.1) is 0 Å². The van der Waals surface area contributed by atoms with Crippen LogP contribution >= 0.6 is 11.3 Å².